The Morgan fingerprint density at radius 1 is 0.929 bits per heavy atom. The molecule has 4 rings (SSSR count). The summed E-state index contributed by atoms with van der Waals surface area (Å²) in [4.78, 5) is 11.9. The van der Waals surface area contributed by atoms with Gasteiger partial charge < -0.3 is 4.74 Å². The summed E-state index contributed by atoms with van der Waals surface area (Å²) < 4.78 is 6.14. The van der Waals surface area contributed by atoms with Gasteiger partial charge in [0.1, 0.15) is 12.4 Å². The number of nitrogens with zero attached hydrogens (tertiary/aromatic N) is 3. The van der Waals surface area contributed by atoms with Gasteiger partial charge in [-0.1, -0.05) is 6.07 Å². The van der Waals surface area contributed by atoms with Crippen LogP contribution in [0.1, 0.15) is 35.1 Å². The summed E-state index contributed by atoms with van der Waals surface area (Å²) in [5.74, 6) is 1.77. The first-order chi connectivity index (χ1) is 13.5. The lowest BCUT2D eigenvalue weighted by Crippen LogP contribution is -2.25. The van der Waals surface area contributed by atoms with Gasteiger partial charge in [-0.3, -0.25) is 4.90 Å². The number of benzene rings is 2. The van der Waals surface area contributed by atoms with E-state index in [1.165, 1.54) is 37.1 Å². The van der Waals surface area contributed by atoms with Crippen molar-refractivity contribution in [1.29, 1.82) is 0 Å². The molecule has 1 saturated heterocycles. The topological polar surface area (TPSA) is 38.2 Å². The molecule has 4 heteroatoms. The molecule has 3 aromatic rings. The van der Waals surface area contributed by atoms with Crippen molar-refractivity contribution in [3.63, 3.8) is 0 Å². The maximum Gasteiger partial charge on any atom is 0.159 e. The Balaban J connectivity index is 1.57. The molecule has 2 aromatic carbocycles. The number of likely N-dealkylation sites (tertiary alicyclic amines) is 1. The Kier molecular flexibility index (Phi) is 5.31. The molecule has 0 spiro atoms. The van der Waals surface area contributed by atoms with E-state index < -0.39 is 0 Å². The van der Waals surface area contributed by atoms with Crippen molar-refractivity contribution < 1.29 is 4.74 Å². The van der Waals surface area contributed by atoms with Crippen LogP contribution in [-0.2, 0) is 0 Å². The van der Waals surface area contributed by atoms with Crippen LogP contribution in [0.4, 0.5) is 0 Å². The van der Waals surface area contributed by atoms with Crippen LogP contribution in [0.3, 0.4) is 0 Å². The molecule has 1 aliphatic heterocycles. The molecule has 1 aliphatic rings. The van der Waals surface area contributed by atoms with Crippen LogP contribution in [0.15, 0.2) is 30.5 Å². The van der Waals surface area contributed by atoms with E-state index in [0.29, 0.717) is 0 Å². The van der Waals surface area contributed by atoms with Gasteiger partial charge in [0.2, 0.25) is 0 Å². The zero-order valence-electron chi connectivity index (χ0n) is 17.4. The van der Waals surface area contributed by atoms with E-state index in [-0.39, 0.29) is 0 Å². The highest BCUT2D eigenvalue weighted by molar-refractivity contribution is 5.83. The van der Waals surface area contributed by atoms with Crippen LogP contribution in [0, 0.1) is 27.7 Å². The minimum Gasteiger partial charge on any atom is -0.492 e. The number of hydrogen-bond donors (Lipinski definition) is 0. The van der Waals surface area contributed by atoms with Crippen molar-refractivity contribution >= 4 is 10.9 Å². The SMILES string of the molecule is Cc1cc(C)c2cnc(-c3cc(C)c(OCCN4CCCC4)c(C)c3)nc2c1. The first-order valence-corrected chi connectivity index (χ1v) is 10.2. The third-order valence-electron chi connectivity index (χ3n) is 5.62. The van der Waals surface area contributed by atoms with Gasteiger partial charge in [0.05, 0.1) is 5.52 Å². The molecule has 1 aromatic heterocycles. The normalized spacial score (nSPS) is 14.7. The molecule has 0 N–H and O–H groups in total. The standard InChI is InChI=1S/C24H29N3O/c1-16-11-17(2)21-15-25-24(26-22(21)12-16)20-13-18(3)23(19(4)14-20)28-10-9-27-7-5-6-8-27/h11-15H,5-10H2,1-4H3. The minimum absolute atomic E-state index is 0.742. The van der Waals surface area contributed by atoms with E-state index in [0.717, 1.165) is 52.3 Å². The average Bonchev–Trinajstić information content (AvgIpc) is 3.16. The minimum atomic E-state index is 0.742. The van der Waals surface area contributed by atoms with Crippen molar-refractivity contribution in [2.45, 2.75) is 40.5 Å². The summed E-state index contributed by atoms with van der Waals surface area (Å²) >= 11 is 0. The van der Waals surface area contributed by atoms with Gasteiger partial charge in [-0.25, -0.2) is 9.97 Å². The van der Waals surface area contributed by atoms with E-state index in [1.807, 2.05) is 6.20 Å². The summed E-state index contributed by atoms with van der Waals surface area (Å²) in [6, 6.07) is 8.58. The highest BCUT2D eigenvalue weighted by Crippen LogP contribution is 2.30. The summed E-state index contributed by atoms with van der Waals surface area (Å²) in [6.07, 6.45) is 4.58. The molecule has 0 radical (unpaired) electrons. The van der Waals surface area contributed by atoms with Gasteiger partial charge >= 0.3 is 0 Å². The Morgan fingerprint density at radius 3 is 2.36 bits per heavy atom. The van der Waals surface area contributed by atoms with Crippen LogP contribution >= 0.6 is 0 Å². The van der Waals surface area contributed by atoms with Crippen LogP contribution in [0.5, 0.6) is 5.75 Å². The largest absolute Gasteiger partial charge is 0.492 e. The molecule has 1 fully saturated rings. The van der Waals surface area contributed by atoms with E-state index in [9.17, 15) is 0 Å². The highest BCUT2D eigenvalue weighted by Gasteiger charge is 2.13. The van der Waals surface area contributed by atoms with Gasteiger partial charge in [0.25, 0.3) is 0 Å². The van der Waals surface area contributed by atoms with Gasteiger partial charge in [0, 0.05) is 23.7 Å². The lowest BCUT2D eigenvalue weighted by molar-refractivity contribution is 0.236. The molecule has 2 heterocycles. The second-order valence-electron chi connectivity index (χ2n) is 8.04. The monoisotopic (exact) mass is 375 g/mol. The van der Waals surface area contributed by atoms with Crippen LogP contribution < -0.4 is 4.74 Å². The van der Waals surface area contributed by atoms with E-state index in [1.54, 1.807) is 0 Å². The van der Waals surface area contributed by atoms with Crippen LogP contribution in [-0.4, -0.2) is 41.1 Å². The van der Waals surface area contributed by atoms with Gasteiger partial charge in [0.15, 0.2) is 5.82 Å². The average molecular weight is 376 g/mol. The maximum atomic E-state index is 6.14. The summed E-state index contributed by atoms with van der Waals surface area (Å²) in [7, 11) is 0. The molecular formula is C24H29N3O. The van der Waals surface area contributed by atoms with Crippen molar-refractivity contribution in [1.82, 2.24) is 14.9 Å². The Hall–Kier alpha value is -2.46. The number of hydrogen-bond acceptors (Lipinski definition) is 4. The summed E-state index contributed by atoms with van der Waals surface area (Å²) in [5, 5.41) is 1.12. The fourth-order valence-corrected chi connectivity index (χ4v) is 4.21. The maximum absolute atomic E-state index is 6.14. The smallest absolute Gasteiger partial charge is 0.159 e. The molecule has 0 aliphatic carbocycles. The van der Waals surface area contributed by atoms with Gasteiger partial charge in [-0.05, 0) is 94.1 Å². The molecule has 4 nitrogen and oxygen atoms in total. The molecule has 28 heavy (non-hydrogen) atoms. The quantitative estimate of drug-likeness (QED) is 0.629. The zero-order valence-corrected chi connectivity index (χ0v) is 17.4. The van der Waals surface area contributed by atoms with Gasteiger partial charge in [-0.2, -0.15) is 0 Å². The number of fused-ring (bicyclic) bond motifs is 1. The predicted octanol–water partition coefficient (Wildman–Crippen LogP) is 5.01. The Morgan fingerprint density at radius 2 is 1.64 bits per heavy atom. The van der Waals surface area contributed by atoms with Gasteiger partial charge in [-0.15, -0.1) is 0 Å². The molecule has 0 bridgehead atoms. The number of aryl methyl sites for hydroxylation is 4. The molecule has 0 saturated carbocycles. The van der Waals surface area contributed by atoms with Crippen molar-refractivity contribution in [2.75, 3.05) is 26.2 Å². The zero-order chi connectivity index (χ0) is 19.7. The van der Waals surface area contributed by atoms with E-state index in [2.05, 4.69) is 61.8 Å². The number of aromatic nitrogens is 2. The second kappa shape index (κ2) is 7.88. The van der Waals surface area contributed by atoms with Crippen LogP contribution in [0.2, 0.25) is 0 Å². The lowest BCUT2D eigenvalue weighted by Gasteiger charge is -2.18. The Labute approximate surface area is 167 Å². The third kappa shape index (κ3) is 3.88. The Bertz CT molecular complexity index is 983. The summed E-state index contributed by atoms with van der Waals surface area (Å²) in [6.45, 7) is 12.6. The van der Waals surface area contributed by atoms with Crippen molar-refractivity contribution in [2.24, 2.45) is 0 Å². The highest BCUT2D eigenvalue weighted by atomic mass is 16.5. The third-order valence-corrected chi connectivity index (χ3v) is 5.62. The fraction of sp³-hybridized carbons (Fsp3) is 0.417. The first-order valence-electron chi connectivity index (χ1n) is 10.2. The molecule has 146 valence electrons. The molecule has 0 unspecified atom stereocenters. The predicted molar refractivity (Wildman–Crippen MR) is 115 cm³/mol. The van der Waals surface area contributed by atoms with Crippen molar-refractivity contribution in [3.8, 4) is 17.1 Å². The lowest BCUT2D eigenvalue weighted by atomic mass is 10.0. The van der Waals surface area contributed by atoms with Crippen LogP contribution in [0.25, 0.3) is 22.3 Å². The fourth-order valence-electron chi connectivity index (χ4n) is 4.21. The molecule has 0 atom stereocenters. The van der Waals surface area contributed by atoms with E-state index >= 15 is 0 Å². The molecular weight excluding hydrogens is 346 g/mol. The molecule has 0 amide bonds. The first kappa shape index (κ1) is 18.9. The number of ether oxygens (including phenoxy) is 1. The second-order valence-corrected chi connectivity index (χ2v) is 8.04. The summed E-state index contributed by atoms with van der Waals surface area (Å²) in [5.41, 5.74) is 6.77. The van der Waals surface area contributed by atoms with Crippen molar-refractivity contribution in [3.05, 3.63) is 52.7 Å². The number of rotatable bonds is 5. The van der Waals surface area contributed by atoms with E-state index in [4.69, 9.17) is 9.72 Å².